The lowest BCUT2D eigenvalue weighted by molar-refractivity contribution is 0.0981. The molecule has 0 aliphatic heterocycles. The Morgan fingerprint density at radius 2 is 1.61 bits per heavy atom. The Labute approximate surface area is 105 Å². The predicted octanol–water partition coefficient (Wildman–Crippen LogP) is 1.20. The number of rotatable bonds is 3. The minimum atomic E-state index is -3.83. The molecule has 0 radical (unpaired) electrons. The third-order valence-electron chi connectivity index (χ3n) is 2.22. The van der Waals surface area contributed by atoms with Gasteiger partial charge in [-0.3, -0.25) is 9.78 Å². The monoisotopic (exact) mass is 262 g/mol. The van der Waals surface area contributed by atoms with Crippen molar-refractivity contribution in [1.82, 2.24) is 9.71 Å². The molecule has 0 spiro atoms. The van der Waals surface area contributed by atoms with E-state index in [1.54, 1.807) is 18.2 Å². The van der Waals surface area contributed by atoms with Crippen LogP contribution in [0.1, 0.15) is 10.4 Å². The molecule has 1 aromatic heterocycles. The van der Waals surface area contributed by atoms with Gasteiger partial charge in [-0.15, -0.1) is 0 Å². The van der Waals surface area contributed by atoms with Crippen LogP contribution in [0.4, 0.5) is 0 Å². The van der Waals surface area contributed by atoms with Gasteiger partial charge in [-0.25, -0.2) is 13.1 Å². The van der Waals surface area contributed by atoms with E-state index in [0.717, 1.165) is 0 Å². The van der Waals surface area contributed by atoms with Crippen molar-refractivity contribution in [3.8, 4) is 0 Å². The van der Waals surface area contributed by atoms with Crippen LogP contribution in [0.5, 0.6) is 0 Å². The van der Waals surface area contributed by atoms with Gasteiger partial charge >= 0.3 is 0 Å². The molecule has 0 bridgehead atoms. The van der Waals surface area contributed by atoms with E-state index in [0.29, 0.717) is 0 Å². The average molecular weight is 262 g/mol. The van der Waals surface area contributed by atoms with Gasteiger partial charge in [-0.05, 0) is 24.3 Å². The molecule has 2 aromatic rings. The van der Waals surface area contributed by atoms with Crippen LogP contribution >= 0.6 is 0 Å². The normalized spacial score (nSPS) is 10.9. The zero-order valence-corrected chi connectivity index (χ0v) is 10.1. The third kappa shape index (κ3) is 2.72. The summed E-state index contributed by atoms with van der Waals surface area (Å²) in [4.78, 5) is 15.5. The van der Waals surface area contributed by atoms with E-state index in [9.17, 15) is 13.2 Å². The van der Waals surface area contributed by atoms with Crippen LogP contribution in [0, 0.1) is 0 Å². The summed E-state index contributed by atoms with van der Waals surface area (Å²) in [6, 6.07) is 10.6. The van der Waals surface area contributed by atoms with E-state index >= 15 is 0 Å². The van der Waals surface area contributed by atoms with E-state index in [2.05, 4.69) is 4.98 Å². The van der Waals surface area contributed by atoms with Crippen molar-refractivity contribution in [1.29, 1.82) is 0 Å². The molecule has 1 heterocycles. The molecule has 1 aromatic carbocycles. The van der Waals surface area contributed by atoms with Gasteiger partial charge in [0.05, 0.1) is 4.90 Å². The second kappa shape index (κ2) is 4.97. The Kier molecular flexibility index (Phi) is 3.38. The number of amides is 1. The molecular weight excluding hydrogens is 252 g/mol. The Hall–Kier alpha value is -2.21. The van der Waals surface area contributed by atoms with Gasteiger partial charge in [0.15, 0.2) is 0 Å². The van der Waals surface area contributed by atoms with E-state index in [-0.39, 0.29) is 10.5 Å². The first kappa shape index (κ1) is 12.3. The molecule has 0 saturated carbocycles. The van der Waals surface area contributed by atoms with Crippen molar-refractivity contribution in [2.45, 2.75) is 4.90 Å². The molecule has 0 aliphatic rings. The first-order chi connectivity index (χ1) is 8.59. The number of nitrogens with zero attached hydrogens (tertiary/aromatic N) is 1. The number of aromatic nitrogens is 1. The summed E-state index contributed by atoms with van der Waals surface area (Å²) in [5.41, 5.74) is 0.240. The molecule has 2 rings (SSSR count). The second-order valence-electron chi connectivity index (χ2n) is 3.48. The zero-order chi connectivity index (χ0) is 13.0. The fourth-order valence-corrected chi connectivity index (χ4v) is 2.34. The van der Waals surface area contributed by atoms with Gasteiger partial charge < -0.3 is 0 Å². The van der Waals surface area contributed by atoms with Crippen molar-refractivity contribution in [3.63, 3.8) is 0 Å². The van der Waals surface area contributed by atoms with Gasteiger partial charge in [0.1, 0.15) is 0 Å². The fourth-order valence-electron chi connectivity index (χ4n) is 1.34. The fraction of sp³-hybridized carbons (Fsp3) is 0. The molecule has 0 aliphatic carbocycles. The number of hydrogen-bond acceptors (Lipinski definition) is 4. The number of benzene rings is 1. The number of pyridine rings is 1. The lowest BCUT2D eigenvalue weighted by Gasteiger charge is -2.06. The summed E-state index contributed by atoms with van der Waals surface area (Å²) in [5.74, 6) is -0.679. The Balaban J connectivity index is 2.23. The van der Waals surface area contributed by atoms with Crippen molar-refractivity contribution in [3.05, 3.63) is 60.4 Å². The first-order valence-corrected chi connectivity index (χ1v) is 6.60. The first-order valence-electron chi connectivity index (χ1n) is 5.12. The van der Waals surface area contributed by atoms with Crippen LogP contribution in [0.25, 0.3) is 0 Å². The molecule has 1 amide bonds. The van der Waals surface area contributed by atoms with Crippen LogP contribution < -0.4 is 4.72 Å². The van der Waals surface area contributed by atoms with Gasteiger partial charge in [0, 0.05) is 18.0 Å². The van der Waals surface area contributed by atoms with Crippen LogP contribution in [0.3, 0.4) is 0 Å². The van der Waals surface area contributed by atoms with E-state index in [1.807, 2.05) is 4.72 Å². The molecule has 0 saturated heterocycles. The summed E-state index contributed by atoms with van der Waals surface area (Å²) in [7, 11) is -3.83. The maximum absolute atomic E-state index is 11.9. The molecule has 6 heteroatoms. The molecule has 5 nitrogen and oxygen atoms in total. The smallest absolute Gasteiger partial charge is 0.265 e. The van der Waals surface area contributed by atoms with Gasteiger partial charge in [-0.1, -0.05) is 18.2 Å². The van der Waals surface area contributed by atoms with E-state index < -0.39 is 15.9 Å². The van der Waals surface area contributed by atoms with Crippen LogP contribution in [0.15, 0.2) is 59.8 Å². The number of nitrogens with one attached hydrogen (secondary N) is 1. The number of sulfonamides is 1. The zero-order valence-electron chi connectivity index (χ0n) is 9.28. The number of carbonyl (C=O) groups excluding carboxylic acids is 1. The highest BCUT2D eigenvalue weighted by Gasteiger charge is 2.17. The van der Waals surface area contributed by atoms with Crippen molar-refractivity contribution < 1.29 is 13.2 Å². The topological polar surface area (TPSA) is 76.1 Å². The largest absolute Gasteiger partial charge is 0.268 e. The highest BCUT2D eigenvalue weighted by Crippen LogP contribution is 2.08. The number of carbonyl (C=O) groups is 1. The minimum Gasteiger partial charge on any atom is -0.268 e. The molecule has 0 fully saturated rings. The Morgan fingerprint density at radius 1 is 1.00 bits per heavy atom. The van der Waals surface area contributed by atoms with E-state index in [4.69, 9.17) is 0 Å². The lowest BCUT2D eigenvalue weighted by atomic mass is 10.3. The van der Waals surface area contributed by atoms with Crippen molar-refractivity contribution in [2.24, 2.45) is 0 Å². The molecule has 1 N–H and O–H groups in total. The quantitative estimate of drug-likeness (QED) is 0.901. The summed E-state index contributed by atoms with van der Waals surface area (Å²) in [6.45, 7) is 0. The SMILES string of the molecule is O=C(NS(=O)(=O)c1ccccc1)c1ccncc1. The maximum Gasteiger partial charge on any atom is 0.265 e. The maximum atomic E-state index is 11.9. The summed E-state index contributed by atoms with van der Waals surface area (Å²) < 4.78 is 25.7. The summed E-state index contributed by atoms with van der Waals surface area (Å²) in [6.07, 6.45) is 2.84. The molecule has 18 heavy (non-hydrogen) atoms. The van der Waals surface area contributed by atoms with Gasteiger partial charge in [-0.2, -0.15) is 0 Å². The highest BCUT2D eigenvalue weighted by atomic mass is 32.2. The summed E-state index contributed by atoms with van der Waals surface area (Å²) >= 11 is 0. The summed E-state index contributed by atoms with van der Waals surface area (Å²) in [5, 5.41) is 0. The molecule has 0 unspecified atom stereocenters. The average Bonchev–Trinajstić information content (AvgIpc) is 2.40. The van der Waals surface area contributed by atoms with Crippen LogP contribution in [-0.4, -0.2) is 19.3 Å². The Bertz CT molecular complexity index is 640. The highest BCUT2D eigenvalue weighted by molar-refractivity contribution is 7.90. The Morgan fingerprint density at radius 3 is 2.22 bits per heavy atom. The van der Waals surface area contributed by atoms with Crippen molar-refractivity contribution >= 4 is 15.9 Å². The van der Waals surface area contributed by atoms with E-state index in [1.165, 1.54) is 36.7 Å². The van der Waals surface area contributed by atoms with Crippen molar-refractivity contribution in [2.75, 3.05) is 0 Å². The molecule has 92 valence electrons. The third-order valence-corrected chi connectivity index (χ3v) is 3.57. The molecule has 0 atom stereocenters. The standard InChI is InChI=1S/C12H10N2O3S/c15-12(10-6-8-13-9-7-10)14-18(16,17)11-4-2-1-3-5-11/h1-9H,(H,14,15). The van der Waals surface area contributed by atoms with Crippen LogP contribution in [-0.2, 0) is 10.0 Å². The predicted molar refractivity (Wildman–Crippen MR) is 65.3 cm³/mol. The minimum absolute atomic E-state index is 0.0485. The van der Waals surface area contributed by atoms with Crippen LogP contribution in [0.2, 0.25) is 0 Å². The number of hydrogen-bond donors (Lipinski definition) is 1. The van der Waals surface area contributed by atoms with Gasteiger partial charge in [0.2, 0.25) is 0 Å². The molecular formula is C12H10N2O3S. The second-order valence-corrected chi connectivity index (χ2v) is 5.17. The lowest BCUT2D eigenvalue weighted by Crippen LogP contribution is -2.30. The van der Waals surface area contributed by atoms with Gasteiger partial charge in [0.25, 0.3) is 15.9 Å².